The number of nitrogens with one attached hydrogen (secondary N) is 2. The molecule has 0 saturated carbocycles. The van der Waals surface area contributed by atoms with E-state index in [1.54, 1.807) is 62.4 Å². The number of carbonyl (C=O) groups is 3. The highest BCUT2D eigenvalue weighted by Crippen LogP contribution is 2.39. The Morgan fingerprint density at radius 2 is 1.70 bits per heavy atom. The van der Waals surface area contributed by atoms with Crippen LogP contribution in [0.25, 0.3) is 0 Å². The standard InChI is InChI=1S/C28H28FN3O5/c1-17(33)18-8-11-20(12-9-18)31-27(36)37-26(19-10-13-24(34)21(29)16-19)28(2,3)15-14-25(35)32-23-7-5-4-6-22(23)30/h4-16,26,34H,30H2,1-3H3,(H,31,36)(H,32,35)/b15-14+/t26-/m1/s1. The summed E-state index contributed by atoms with van der Waals surface area (Å²) in [6, 6.07) is 16.7. The summed E-state index contributed by atoms with van der Waals surface area (Å²) in [5, 5.41) is 14.9. The Labute approximate surface area is 214 Å². The number of nitrogen functional groups attached to an aromatic ring is 1. The highest BCUT2D eigenvalue weighted by molar-refractivity contribution is 6.01. The second-order valence-electron chi connectivity index (χ2n) is 8.99. The fraction of sp³-hybridized carbons (Fsp3) is 0.179. The fourth-order valence-electron chi connectivity index (χ4n) is 3.54. The van der Waals surface area contributed by atoms with Crippen molar-refractivity contribution in [3.63, 3.8) is 0 Å². The number of anilines is 3. The van der Waals surface area contributed by atoms with Crippen LogP contribution in [0.5, 0.6) is 5.75 Å². The topological polar surface area (TPSA) is 131 Å². The lowest BCUT2D eigenvalue weighted by Gasteiger charge is -2.31. The summed E-state index contributed by atoms with van der Waals surface area (Å²) < 4.78 is 19.9. The van der Waals surface area contributed by atoms with Crippen LogP contribution in [0.1, 0.15) is 42.8 Å². The molecule has 5 N–H and O–H groups in total. The summed E-state index contributed by atoms with van der Waals surface area (Å²) in [7, 11) is 0. The van der Waals surface area contributed by atoms with Gasteiger partial charge in [-0.25, -0.2) is 9.18 Å². The van der Waals surface area contributed by atoms with Gasteiger partial charge in [-0.15, -0.1) is 0 Å². The van der Waals surface area contributed by atoms with Gasteiger partial charge in [0, 0.05) is 16.7 Å². The molecule has 0 aliphatic carbocycles. The molecule has 1 atom stereocenters. The number of amides is 2. The van der Waals surface area contributed by atoms with Crippen molar-refractivity contribution in [2.45, 2.75) is 26.9 Å². The van der Waals surface area contributed by atoms with Gasteiger partial charge in [-0.05, 0) is 67.1 Å². The van der Waals surface area contributed by atoms with Crippen molar-refractivity contribution in [2.24, 2.45) is 5.41 Å². The van der Waals surface area contributed by atoms with Gasteiger partial charge in [0.05, 0.1) is 11.4 Å². The normalized spacial score (nSPS) is 12.1. The number of hydrogen-bond acceptors (Lipinski definition) is 6. The zero-order valence-corrected chi connectivity index (χ0v) is 20.6. The lowest BCUT2D eigenvalue weighted by atomic mass is 9.82. The zero-order valence-electron chi connectivity index (χ0n) is 20.6. The first kappa shape index (κ1) is 26.9. The quantitative estimate of drug-likeness (QED) is 0.173. The molecule has 3 rings (SSSR count). The first-order chi connectivity index (χ1) is 17.5. The van der Waals surface area contributed by atoms with E-state index in [2.05, 4.69) is 10.6 Å². The van der Waals surface area contributed by atoms with E-state index in [1.807, 2.05) is 0 Å². The van der Waals surface area contributed by atoms with Crippen molar-refractivity contribution in [3.8, 4) is 5.75 Å². The number of Topliss-reactive ketones (excluding diaryl/α,β-unsaturated/α-hetero) is 1. The van der Waals surface area contributed by atoms with Crippen LogP contribution in [0, 0.1) is 11.2 Å². The van der Waals surface area contributed by atoms with Gasteiger partial charge < -0.3 is 20.9 Å². The van der Waals surface area contributed by atoms with Crippen LogP contribution >= 0.6 is 0 Å². The van der Waals surface area contributed by atoms with Gasteiger partial charge in [0.15, 0.2) is 17.3 Å². The first-order valence-electron chi connectivity index (χ1n) is 11.4. The van der Waals surface area contributed by atoms with E-state index >= 15 is 0 Å². The zero-order chi connectivity index (χ0) is 27.2. The third kappa shape index (κ3) is 7.17. The molecule has 0 aliphatic rings. The summed E-state index contributed by atoms with van der Waals surface area (Å²) in [6.07, 6.45) is 0.922. The Morgan fingerprint density at radius 3 is 2.32 bits per heavy atom. The number of benzene rings is 3. The predicted molar refractivity (Wildman–Crippen MR) is 140 cm³/mol. The summed E-state index contributed by atoms with van der Waals surface area (Å²) in [6.45, 7) is 4.85. The van der Waals surface area contributed by atoms with E-state index in [0.717, 1.165) is 12.1 Å². The van der Waals surface area contributed by atoms with Crippen molar-refractivity contribution >= 4 is 34.8 Å². The number of ether oxygens (including phenoxy) is 1. The third-order valence-electron chi connectivity index (χ3n) is 5.60. The molecule has 192 valence electrons. The molecule has 37 heavy (non-hydrogen) atoms. The van der Waals surface area contributed by atoms with Crippen LogP contribution < -0.4 is 16.4 Å². The fourth-order valence-corrected chi connectivity index (χ4v) is 3.54. The molecule has 0 aromatic heterocycles. The third-order valence-corrected chi connectivity index (χ3v) is 5.60. The smallest absolute Gasteiger partial charge is 0.412 e. The van der Waals surface area contributed by atoms with Gasteiger partial charge >= 0.3 is 6.09 Å². The predicted octanol–water partition coefficient (Wildman–Crippen LogP) is 5.83. The molecule has 0 aliphatic heterocycles. The molecule has 0 saturated heterocycles. The van der Waals surface area contributed by atoms with Crippen molar-refractivity contribution in [2.75, 3.05) is 16.4 Å². The molecule has 2 amide bonds. The highest BCUT2D eigenvalue weighted by atomic mass is 19.1. The molecule has 3 aromatic carbocycles. The molecule has 0 spiro atoms. The number of nitrogens with two attached hydrogens (primary N) is 1. The van der Waals surface area contributed by atoms with E-state index < -0.39 is 35.1 Å². The van der Waals surface area contributed by atoms with Crippen LogP contribution in [0.2, 0.25) is 0 Å². The van der Waals surface area contributed by atoms with E-state index in [4.69, 9.17) is 10.5 Å². The molecular weight excluding hydrogens is 477 g/mol. The van der Waals surface area contributed by atoms with Crippen LogP contribution in [0.15, 0.2) is 78.9 Å². The monoisotopic (exact) mass is 505 g/mol. The van der Waals surface area contributed by atoms with Crippen molar-refractivity contribution < 1.29 is 28.6 Å². The van der Waals surface area contributed by atoms with Crippen molar-refractivity contribution in [3.05, 3.63) is 95.8 Å². The number of para-hydroxylation sites is 2. The van der Waals surface area contributed by atoms with Crippen LogP contribution in [-0.2, 0) is 9.53 Å². The number of aromatic hydroxyl groups is 1. The summed E-state index contributed by atoms with van der Waals surface area (Å²) >= 11 is 0. The minimum absolute atomic E-state index is 0.115. The van der Waals surface area contributed by atoms with Gasteiger partial charge in [-0.3, -0.25) is 14.9 Å². The minimum atomic E-state index is -1.05. The lowest BCUT2D eigenvalue weighted by molar-refractivity contribution is -0.112. The SMILES string of the molecule is CC(=O)c1ccc(NC(=O)O[C@H](c2ccc(O)c(F)c2)C(C)(C)/C=C/C(=O)Nc2ccccc2N)cc1. The van der Waals surface area contributed by atoms with Gasteiger partial charge in [-0.1, -0.05) is 38.1 Å². The number of halogens is 1. The second-order valence-corrected chi connectivity index (χ2v) is 8.99. The molecule has 8 nitrogen and oxygen atoms in total. The van der Waals surface area contributed by atoms with E-state index in [0.29, 0.717) is 22.6 Å². The Kier molecular flexibility index (Phi) is 8.29. The van der Waals surface area contributed by atoms with Gasteiger partial charge in [0.1, 0.15) is 6.10 Å². The Morgan fingerprint density at radius 1 is 1.03 bits per heavy atom. The summed E-state index contributed by atoms with van der Waals surface area (Å²) in [5.41, 5.74) is 6.84. The van der Waals surface area contributed by atoms with E-state index in [9.17, 15) is 23.9 Å². The van der Waals surface area contributed by atoms with Crippen LogP contribution in [-0.4, -0.2) is 22.9 Å². The highest BCUT2D eigenvalue weighted by Gasteiger charge is 2.33. The first-order valence-corrected chi connectivity index (χ1v) is 11.4. The summed E-state index contributed by atoms with van der Waals surface area (Å²) in [4.78, 5) is 36.8. The number of phenols is 1. The van der Waals surface area contributed by atoms with Crippen molar-refractivity contribution in [1.29, 1.82) is 0 Å². The van der Waals surface area contributed by atoms with E-state index in [-0.39, 0.29) is 11.3 Å². The largest absolute Gasteiger partial charge is 0.505 e. The molecule has 0 bridgehead atoms. The number of ketones is 1. The maximum atomic E-state index is 14.2. The molecule has 0 unspecified atom stereocenters. The Hall–Kier alpha value is -4.66. The number of hydrogen-bond donors (Lipinski definition) is 4. The second kappa shape index (κ2) is 11.4. The van der Waals surface area contributed by atoms with E-state index in [1.165, 1.54) is 25.1 Å². The Bertz CT molecular complexity index is 1340. The molecule has 0 radical (unpaired) electrons. The summed E-state index contributed by atoms with van der Waals surface area (Å²) in [5.74, 6) is -2.01. The van der Waals surface area contributed by atoms with Gasteiger partial charge in [0.2, 0.25) is 5.91 Å². The molecule has 9 heteroatoms. The maximum Gasteiger partial charge on any atom is 0.412 e. The molecule has 3 aromatic rings. The molecule has 0 heterocycles. The number of rotatable bonds is 8. The minimum Gasteiger partial charge on any atom is -0.505 e. The maximum absolute atomic E-state index is 14.2. The molecular formula is C28H28FN3O5. The average molecular weight is 506 g/mol. The number of carbonyl (C=O) groups excluding carboxylic acids is 3. The van der Waals surface area contributed by atoms with Crippen molar-refractivity contribution in [1.82, 2.24) is 0 Å². The van der Waals surface area contributed by atoms with Crippen LogP contribution in [0.3, 0.4) is 0 Å². The van der Waals surface area contributed by atoms with Gasteiger partial charge in [-0.2, -0.15) is 0 Å². The van der Waals surface area contributed by atoms with Gasteiger partial charge in [0.25, 0.3) is 0 Å². The average Bonchev–Trinajstić information content (AvgIpc) is 2.85. The van der Waals surface area contributed by atoms with Crippen LogP contribution in [0.4, 0.5) is 26.2 Å². The Balaban J connectivity index is 1.82. The number of phenolic OH excluding ortho intramolecular Hbond substituents is 1. The molecule has 0 fully saturated rings. The lowest BCUT2D eigenvalue weighted by Crippen LogP contribution is -2.28.